The number of nitrogens with zero attached hydrogens (tertiary/aromatic N) is 1. The Morgan fingerprint density at radius 2 is 1.65 bits per heavy atom. The second-order valence-corrected chi connectivity index (χ2v) is 6.55. The highest BCUT2D eigenvalue weighted by Crippen LogP contribution is 2.41. The number of carboxylic acid groups (broad SMARTS) is 1. The predicted molar refractivity (Wildman–Crippen MR) is 68.0 cm³/mol. The van der Waals surface area contributed by atoms with Crippen molar-refractivity contribution in [1.29, 1.82) is 0 Å². The first-order valence-corrected chi connectivity index (χ1v) is 6.95. The molecule has 1 atom stereocenters. The Kier molecular flexibility index (Phi) is 3.48. The minimum atomic E-state index is -0.586. The average Bonchev–Trinajstić information content (AvgIpc) is 2.71. The van der Waals surface area contributed by atoms with E-state index in [9.17, 15) is 9.90 Å². The highest BCUT2D eigenvalue weighted by molar-refractivity contribution is 5.79. The van der Waals surface area contributed by atoms with Crippen LogP contribution >= 0.6 is 0 Å². The molecule has 3 nitrogen and oxygen atoms in total. The molecule has 1 saturated heterocycles. The van der Waals surface area contributed by atoms with E-state index in [2.05, 4.69) is 18.7 Å². The molecule has 1 aliphatic heterocycles. The van der Waals surface area contributed by atoms with Crippen LogP contribution in [0.3, 0.4) is 0 Å². The van der Waals surface area contributed by atoms with Gasteiger partial charge < -0.3 is 5.11 Å². The maximum absolute atomic E-state index is 11.8. The van der Waals surface area contributed by atoms with Crippen molar-refractivity contribution in [3.8, 4) is 0 Å². The van der Waals surface area contributed by atoms with Crippen molar-refractivity contribution < 1.29 is 9.90 Å². The molecular formula is C14H25NO2. The van der Waals surface area contributed by atoms with Crippen molar-refractivity contribution in [3.05, 3.63) is 0 Å². The minimum Gasteiger partial charge on any atom is -0.480 e. The van der Waals surface area contributed by atoms with Gasteiger partial charge in [0.2, 0.25) is 0 Å². The van der Waals surface area contributed by atoms with Crippen LogP contribution in [0.1, 0.15) is 58.8 Å². The lowest BCUT2D eigenvalue weighted by molar-refractivity contribution is -0.152. The third kappa shape index (κ3) is 2.49. The van der Waals surface area contributed by atoms with Crippen LogP contribution in [0, 0.1) is 5.41 Å². The van der Waals surface area contributed by atoms with Gasteiger partial charge >= 0.3 is 5.97 Å². The Hall–Kier alpha value is -0.570. The van der Waals surface area contributed by atoms with Crippen LogP contribution in [-0.4, -0.2) is 34.6 Å². The number of carbonyl (C=O) groups is 1. The lowest BCUT2D eigenvalue weighted by Gasteiger charge is -2.38. The zero-order valence-electron chi connectivity index (χ0n) is 11.2. The van der Waals surface area contributed by atoms with E-state index in [1.165, 1.54) is 12.8 Å². The molecule has 17 heavy (non-hydrogen) atoms. The molecule has 1 N–H and O–H groups in total. The summed E-state index contributed by atoms with van der Waals surface area (Å²) in [4.78, 5) is 14.0. The van der Waals surface area contributed by atoms with Gasteiger partial charge in [-0.05, 0) is 57.0 Å². The second kappa shape index (κ2) is 4.60. The Labute approximate surface area is 104 Å². The minimum absolute atomic E-state index is 0.316. The van der Waals surface area contributed by atoms with E-state index >= 15 is 0 Å². The first kappa shape index (κ1) is 12.9. The molecular weight excluding hydrogens is 214 g/mol. The molecule has 1 heterocycles. The molecule has 0 spiro atoms. The van der Waals surface area contributed by atoms with Gasteiger partial charge in [-0.1, -0.05) is 20.3 Å². The molecule has 1 saturated carbocycles. The maximum Gasteiger partial charge on any atom is 0.324 e. The van der Waals surface area contributed by atoms with Gasteiger partial charge in [0, 0.05) is 0 Å². The molecule has 3 heteroatoms. The van der Waals surface area contributed by atoms with Gasteiger partial charge in [0.25, 0.3) is 0 Å². The average molecular weight is 239 g/mol. The first-order valence-electron chi connectivity index (χ1n) is 6.95. The van der Waals surface area contributed by atoms with Crippen LogP contribution in [-0.2, 0) is 4.79 Å². The Balaban J connectivity index is 2.19. The number of carboxylic acids is 1. The monoisotopic (exact) mass is 239 g/mol. The maximum atomic E-state index is 11.8. The van der Waals surface area contributed by atoms with Crippen LogP contribution in [0.5, 0.6) is 0 Å². The number of aliphatic carboxylic acids is 1. The van der Waals surface area contributed by atoms with Gasteiger partial charge in [0.1, 0.15) is 5.54 Å². The highest BCUT2D eigenvalue weighted by Gasteiger charge is 2.46. The van der Waals surface area contributed by atoms with Crippen LogP contribution in [0.15, 0.2) is 0 Å². The lowest BCUT2D eigenvalue weighted by Crippen LogP contribution is -2.53. The van der Waals surface area contributed by atoms with E-state index in [1.54, 1.807) is 0 Å². The summed E-state index contributed by atoms with van der Waals surface area (Å²) >= 11 is 0. The fraction of sp³-hybridized carbons (Fsp3) is 0.929. The summed E-state index contributed by atoms with van der Waals surface area (Å²) in [6, 6.07) is 0. The van der Waals surface area contributed by atoms with E-state index in [0.29, 0.717) is 5.41 Å². The normalized spacial score (nSPS) is 34.5. The summed E-state index contributed by atoms with van der Waals surface area (Å²) in [5, 5.41) is 9.70. The van der Waals surface area contributed by atoms with Crippen molar-refractivity contribution in [2.24, 2.45) is 5.41 Å². The molecule has 0 aromatic heterocycles. The number of hydrogen-bond acceptors (Lipinski definition) is 2. The third-order valence-electron chi connectivity index (χ3n) is 4.77. The zero-order valence-corrected chi connectivity index (χ0v) is 11.2. The number of likely N-dealkylation sites (tertiary alicyclic amines) is 1. The molecule has 0 bridgehead atoms. The Bertz CT molecular complexity index is 295. The molecule has 1 unspecified atom stereocenters. The predicted octanol–water partition coefficient (Wildman–Crippen LogP) is 2.90. The summed E-state index contributed by atoms with van der Waals surface area (Å²) in [5.41, 5.74) is -0.235. The summed E-state index contributed by atoms with van der Waals surface area (Å²) < 4.78 is 0. The molecule has 98 valence electrons. The van der Waals surface area contributed by atoms with E-state index in [-0.39, 0.29) is 0 Å². The SMILES string of the molecule is CC1(C)CCCC(C(=O)O)(N2CCCC2)CC1. The molecule has 0 amide bonds. The van der Waals surface area contributed by atoms with Gasteiger partial charge in [-0.2, -0.15) is 0 Å². The highest BCUT2D eigenvalue weighted by atomic mass is 16.4. The topological polar surface area (TPSA) is 40.5 Å². The van der Waals surface area contributed by atoms with Gasteiger partial charge in [-0.3, -0.25) is 9.69 Å². The zero-order chi connectivity index (χ0) is 12.5. The summed E-state index contributed by atoms with van der Waals surface area (Å²) in [6.07, 6.45) is 7.25. The fourth-order valence-corrected chi connectivity index (χ4v) is 3.47. The first-order chi connectivity index (χ1) is 7.96. The fourth-order valence-electron chi connectivity index (χ4n) is 3.47. The lowest BCUT2D eigenvalue weighted by atomic mass is 9.83. The van der Waals surface area contributed by atoms with Crippen LogP contribution in [0.4, 0.5) is 0 Å². The molecule has 1 aliphatic carbocycles. The van der Waals surface area contributed by atoms with E-state index < -0.39 is 11.5 Å². The van der Waals surface area contributed by atoms with E-state index in [0.717, 1.165) is 45.2 Å². The largest absolute Gasteiger partial charge is 0.480 e. The third-order valence-corrected chi connectivity index (χ3v) is 4.77. The molecule has 2 fully saturated rings. The molecule has 0 radical (unpaired) electrons. The van der Waals surface area contributed by atoms with Gasteiger partial charge in [-0.15, -0.1) is 0 Å². The number of rotatable bonds is 2. The molecule has 0 aromatic rings. The summed E-state index contributed by atoms with van der Waals surface area (Å²) in [5.74, 6) is -0.586. The van der Waals surface area contributed by atoms with Gasteiger partial charge in [-0.25, -0.2) is 0 Å². The Morgan fingerprint density at radius 1 is 1.00 bits per heavy atom. The van der Waals surface area contributed by atoms with Crippen LogP contribution in [0.2, 0.25) is 0 Å². The van der Waals surface area contributed by atoms with E-state index in [4.69, 9.17) is 0 Å². The molecule has 0 aromatic carbocycles. The van der Waals surface area contributed by atoms with Crippen molar-refractivity contribution in [2.45, 2.75) is 64.3 Å². The van der Waals surface area contributed by atoms with Crippen molar-refractivity contribution in [2.75, 3.05) is 13.1 Å². The van der Waals surface area contributed by atoms with Gasteiger partial charge in [0.05, 0.1) is 0 Å². The smallest absolute Gasteiger partial charge is 0.324 e. The second-order valence-electron chi connectivity index (χ2n) is 6.55. The standard InChI is InChI=1S/C14H25NO2/c1-13(2)6-5-7-14(9-8-13,12(16)17)15-10-3-4-11-15/h3-11H2,1-2H3,(H,16,17). The Morgan fingerprint density at radius 3 is 2.24 bits per heavy atom. The molecule has 2 rings (SSSR count). The van der Waals surface area contributed by atoms with Crippen LogP contribution in [0.25, 0.3) is 0 Å². The van der Waals surface area contributed by atoms with Gasteiger partial charge in [0.15, 0.2) is 0 Å². The van der Waals surface area contributed by atoms with E-state index in [1.807, 2.05) is 0 Å². The quantitative estimate of drug-likeness (QED) is 0.753. The molecule has 2 aliphatic rings. The van der Waals surface area contributed by atoms with Crippen LogP contribution < -0.4 is 0 Å². The van der Waals surface area contributed by atoms with Crippen molar-refractivity contribution in [1.82, 2.24) is 4.90 Å². The summed E-state index contributed by atoms with van der Waals surface area (Å²) in [7, 11) is 0. The van der Waals surface area contributed by atoms with Crippen molar-refractivity contribution >= 4 is 5.97 Å². The summed E-state index contributed by atoms with van der Waals surface area (Å²) in [6.45, 7) is 6.50. The number of hydrogen-bond donors (Lipinski definition) is 1. The van der Waals surface area contributed by atoms with Crippen molar-refractivity contribution in [3.63, 3.8) is 0 Å².